The molecule has 0 saturated carbocycles. The monoisotopic (exact) mass is 369 g/mol. The standard InChI is InChI=1S/C18H20.C5H11NO3/c1-13-7-14(2)10-17(9-13)5-6-18-11-15(3)8-16(4)12-18;1-5(2,3)9-6-4(7)8/h5-12H,1-4H3;6H,1-3H3,(H,7,8). The molecule has 2 N–H and O–H groups in total. The van der Waals surface area contributed by atoms with Crippen molar-refractivity contribution in [3.05, 3.63) is 69.8 Å². The average Bonchev–Trinajstić information content (AvgIpc) is 2.49. The van der Waals surface area contributed by atoms with E-state index < -0.39 is 11.7 Å². The third kappa shape index (κ3) is 10.2. The second kappa shape index (κ2) is 9.93. The molecule has 2 aromatic carbocycles. The smallest absolute Gasteiger partial charge is 0.428 e. The quantitative estimate of drug-likeness (QED) is 0.509. The molecule has 0 atom stereocenters. The molecule has 0 saturated heterocycles. The van der Waals surface area contributed by atoms with E-state index in [-0.39, 0.29) is 0 Å². The van der Waals surface area contributed by atoms with Crippen LogP contribution < -0.4 is 5.48 Å². The normalized spacial score (nSPS) is 11.1. The maximum atomic E-state index is 9.81. The van der Waals surface area contributed by atoms with Crippen molar-refractivity contribution in [2.45, 2.75) is 54.1 Å². The van der Waals surface area contributed by atoms with Gasteiger partial charge in [-0.2, -0.15) is 5.48 Å². The lowest BCUT2D eigenvalue weighted by Gasteiger charge is -2.16. The molecule has 146 valence electrons. The van der Waals surface area contributed by atoms with E-state index in [1.54, 1.807) is 26.3 Å². The molecule has 4 heteroatoms. The Morgan fingerprint density at radius 3 is 1.37 bits per heavy atom. The molecule has 2 rings (SSSR count). The van der Waals surface area contributed by atoms with E-state index in [9.17, 15) is 4.79 Å². The average molecular weight is 370 g/mol. The summed E-state index contributed by atoms with van der Waals surface area (Å²) in [6, 6.07) is 13.3. The first kappa shape index (κ1) is 22.5. The molecule has 0 aliphatic rings. The Hall–Kier alpha value is -2.59. The van der Waals surface area contributed by atoms with Crippen molar-refractivity contribution in [1.82, 2.24) is 5.48 Å². The minimum atomic E-state index is -1.18. The summed E-state index contributed by atoms with van der Waals surface area (Å²) < 4.78 is 0. The Balaban J connectivity index is 0.000000345. The number of carbonyl (C=O) groups is 1. The minimum absolute atomic E-state index is 0.460. The summed E-state index contributed by atoms with van der Waals surface area (Å²) in [5, 5.41) is 8.04. The highest BCUT2D eigenvalue weighted by atomic mass is 16.7. The highest BCUT2D eigenvalue weighted by Crippen LogP contribution is 2.15. The Bertz CT molecular complexity index is 708. The number of aryl methyl sites for hydroxylation is 4. The van der Waals surface area contributed by atoms with Gasteiger partial charge in [0.05, 0.1) is 5.60 Å². The Morgan fingerprint density at radius 2 is 1.15 bits per heavy atom. The van der Waals surface area contributed by atoms with Crippen LogP contribution in [0.2, 0.25) is 0 Å². The number of amides is 1. The maximum absolute atomic E-state index is 9.81. The zero-order valence-electron chi connectivity index (χ0n) is 17.4. The highest BCUT2D eigenvalue weighted by Gasteiger charge is 2.11. The number of hydrogen-bond acceptors (Lipinski definition) is 2. The van der Waals surface area contributed by atoms with Gasteiger partial charge in [-0.15, -0.1) is 0 Å². The Labute approximate surface area is 162 Å². The number of carboxylic acid groups (broad SMARTS) is 1. The summed E-state index contributed by atoms with van der Waals surface area (Å²) in [5.41, 5.74) is 9.14. The van der Waals surface area contributed by atoms with E-state index in [2.05, 4.69) is 81.1 Å². The maximum Gasteiger partial charge on any atom is 0.428 e. The Morgan fingerprint density at radius 1 is 0.815 bits per heavy atom. The van der Waals surface area contributed by atoms with Gasteiger partial charge in [0, 0.05) is 0 Å². The van der Waals surface area contributed by atoms with Gasteiger partial charge in [-0.05, 0) is 59.6 Å². The zero-order valence-corrected chi connectivity index (χ0v) is 17.4. The van der Waals surface area contributed by atoms with Crippen molar-refractivity contribution in [2.24, 2.45) is 0 Å². The molecule has 0 spiro atoms. The van der Waals surface area contributed by atoms with Crippen LogP contribution in [0.15, 0.2) is 36.4 Å². The number of hydroxylamine groups is 1. The number of rotatable bonds is 3. The van der Waals surface area contributed by atoms with Crippen LogP contribution in [0, 0.1) is 27.7 Å². The molecule has 0 bridgehead atoms. The van der Waals surface area contributed by atoms with Crippen molar-refractivity contribution in [2.75, 3.05) is 0 Å². The molecule has 4 nitrogen and oxygen atoms in total. The van der Waals surface area contributed by atoms with Gasteiger partial charge < -0.3 is 5.11 Å². The molecule has 0 heterocycles. The van der Waals surface area contributed by atoms with Crippen LogP contribution in [-0.2, 0) is 4.84 Å². The predicted octanol–water partition coefficient (Wildman–Crippen LogP) is 6.07. The minimum Gasteiger partial charge on any atom is -0.464 e. The third-order valence-electron chi connectivity index (χ3n) is 3.40. The van der Waals surface area contributed by atoms with E-state index in [1.165, 1.54) is 33.4 Å². The number of benzene rings is 2. The van der Waals surface area contributed by atoms with Crippen LogP contribution in [0.25, 0.3) is 12.2 Å². The third-order valence-corrected chi connectivity index (χ3v) is 3.40. The fourth-order valence-electron chi connectivity index (χ4n) is 2.60. The summed E-state index contributed by atoms with van der Waals surface area (Å²) in [7, 11) is 0. The molecule has 1 amide bonds. The molecule has 0 fully saturated rings. The second-order valence-electron chi connectivity index (χ2n) is 7.80. The van der Waals surface area contributed by atoms with Gasteiger partial charge in [-0.3, -0.25) is 4.84 Å². The molecular formula is C23H31NO3. The molecule has 0 aliphatic carbocycles. The molecule has 27 heavy (non-hydrogen) atoms. The molecule has 0 radical (unpaired) electrons. The second-order valence-corrected chi connectivity index (χ2v) is 7.80. The van der Waals surface area contributed by atoms with Crippen molar-refractivity contribution in [1.29, 1.82) is 0 Å². The summed E-state index contributed by atoms with van der Waals surface area (Å²) in [6.07, 6.45) is 3.20. The van der Waals surface area contributed by atoms with Crippen molar-refractivity contribution in [3.8, 4) is 0 Å². The lowest BCUT2D eigenvalue weighted by atomic mass is 10.0. The SMILES string of the molecule is CC(C)(C)ONC(=O)O.Cc1cc(C)cc(C=Cc2cc(C)cc(C)c2)c1. The van der Waals surface area contributed by atoms with Crippen LogP contribution in [0.4, 0.5) is 4.79 Å². The van der Waals surface area contributed by atoms with Crippen LogP contribution in [-0.4, -0.2) is 16.8 Å². The highest BCUT2D eigenvalue weighted by molar-refractivity contribution is 5.70. The van der Waals surface area contributed by atoms with E-state index in [4.69, 9.17) is 5.11 Å². The van der Waals surface area contributed by atoms with Crippen molar-refractivity contribution >= 4 is 18.2 Å². The van der Waals surface area contributed by atoms with E-state index in [0.717, 1.165) is 0 Å². The predicted molar refractivity (Wildman–Crippen MR) is 113 cm³/mol. The summed E-state index contributed by atoms with van der Waals surface area (Å²) in [5.74, 6) is 0. The summed E-state index contributed by atoms with van der Waals surface area (Å²) >= 11 is 0. The van der Waals surface area contributed by atoms with Gasteiger partial charge in [0.15, 0.2) is 0 Å². The number of nitrogens with one attached hydrogen (secondary N) is 1. The lowest BCUT2D eigenvalue weighted by molar-refractivity contribution is -0.0614. The van der Waals surface area contributed by atoms with Gasteiger partial charge in [-0.1, -0.05) is 70.8 Å². The first-order valence-corrected chi connectivity index (χ1v) is 8.96. The summed E-state index contributed by atoms with van der Waals surface area (Å²) in [4.78, 5) is 14.5. The van der Waals surface area contributed by atoms with Crippen LogP contribution >= 0.6 is 0 Å². The van der Waals surface area contributed by atoms with Gasteiger partial charge >= 0.3 is 6.09 Å². The fourth-order valence-corrected chi connectivity index (χ4v) is 2.60. The zero-order chi connectivity index (χ0) is 20.6. The lowest BCUT2D eigenvalue weighted by Crippen LogP contribution is -2.32. The molecular weight excluding hydrogens is 338 g/mol. The largest absolute Gasteiger partial charge is 0.464 e. The van der Waals surface area contributed by atoms with Gasteiger partial charge in [-0.25, -0.2) is 4.79 Å². The van der Waals surface area contributed by atoms with Gasteiger partial charge in [0.2, 0.25) is 0 Å². The molecule has 0 aliphatic heterocycles. The fraction of sp³-hybridized carbons (Fsp3) is 0.348. The van der Waals surface area contributed by atoms with Gasteiger partial charge in [0.25, 0.3) is 0 Å². The Kier molecular flexibility index (Phi) is 8.26. The van der Waals surface area contributed by atoms with Crippen LogP contribution in [0.3, 0.4) is 0 Å². The molecule has 0 aromatic heterocycles. The first-order valence-electron chi connectivity index (χ1n) is 8.96. The molecule has 2 aromatic rings. The van der Waals surface area contributed by atoms with Gasteiger partial charge in [0.1, 0.15) is 0 Å². The van der Waals surface area contributed by atoms with E-state index >= 15 is 0 Å². The summed E-state index contributed by atoms with van der Waals surface area (Å²) in [6.45, 7) is 13.8. The number of hydrogen-bond donors (Lipinski definition) is 2. The van der Waals surface area contributed by atoms with E-state index in [0.29, 0.717) is 0 Å². The van der Waals surface area contributed by atoms with Crippen LogP contribution in [0.1, 0.15) is 54.2 Å². The van der Waals surface area contributed by atoms with Crippen molar-refractivity contribution in [3.63, 3.8) is 0 Å². The topological polar surface area (TPSA) is 58.6 Å². The first-order chi connectivity index (χ1) is 12.4. The molecule has 0 unspecified atom stereocenters. The van der Waals surface area contributed by atoms with E-state index in [1.807, 2.05) is 0 Å². The van der Waals surface area contributed by atoms with Crippen LogP contribution in [0.5, 0.6) is 0 Å². The van der Waals surface area contributed by atoms with Crippen molar-refractivity contribution < 1.29 is 14.7 Å².